The van der Waals surface area contributed by atoms with E-state index in [4.69, 9.17) is 28.9 Å². The fraction of sp³-hybridized carbons (Fsp3) is 0.357. The number of hydrogen-bond acceptors (Lipinski definition) is 2. The van der Waals surface area contributed by atoms with Gasteiger partial charge in [0.1, 0.15) is 5.82 Å². The van der Waals surface area contributed by atoms with Crippen LogP contribution in [0.15, 0.2) is 24.3 Å². The standard InChI is InChI=1S/C14H17Cl2N3/c1-14(2,3)8-10-7-13(17)19(18-10)12-5-4-9(15)6-11(12)16/h4-7H,8,17H2,1-3H3. The normalized spacial score (nSPS) is 11.8. The maximum Gasteiger partial charge on any atom is 0.127 e. The molecule has 1 aromatic carbocycles. The second-order valence-corrected chi connectivity index (χ2v) is 6.65. The van der Waals surface area contributed by atoms with Crippen LogP contribution in [0.1, 0.15) is 26.5 Å². The predicted octanol–water partition coefficient (Wildman–Crippen LogP) is 4.35. The Morgan fingerprint density at radius 3 is 2.47 bits per heavy atom. The van der Waals surface area contributed by atoms with Gasteiger partial charge in [-0.1, -0.05) is 44.0 Å². The Labute approximate surface area is 123 Å². The molecule has 0 saturated carbocycles. The number of rotatable bonds is 2. The Morgan fingerprint density at radius 2 is 1.89 bits per heavy atom. The Morgan fingerprint density at radius 1 is 1.21 bits per heavy atom. The molecule has 1 heterocycles. The van der Waals surface area contributed by atoms with Crippen molar-refractivity contribution >= 4 is 29.0 Å². The highest BCUT2D eigenvalue weighted by Gasteiger charge is 2.16. The summed E-state index contributed by atoms with van der Waals surface area (Å²) in [4.78, 5) is 0. The van der Waals surface area contributed by atoms with Crippen LogP contribution >= 0.6 is 23.2 Å². The molecule has 2 rings (SSSR count). The van der Waals surface area contributed by atoms with Crippen LogP contribution in [0.2, 0.25) is 10.0 Å². The average Bonchev–Trinajstić information content (AvgIpc) is 2.56. The van der Waals surface area contributed by atoms with E-state index >= 15 is 0 Å². The van der Waals surface area contributed by atoms with E-state index < -0.39 is 0 Å². The molecule has 2 N–H and O–H groups in total. The zero-order valence-electron chi connectivity index (χ0n) is 11.2. The zero-order chi connectivity index (χ0) is 14.2. The van der Waals surface area contributed by atoms with E-state index in [9.17, 15) is 0 Å². The quantitative estimate of drug-likeness (QED) is 0.895. The summed E-state index contributed by atoms with van der Waals surface area (Å²) in [5, 5.41) is 5.64. The molecule has 5 heteroatoms. The predicted molar refractivity (Wildman–Crippen MR) is 81.2 cm³/mol. The third kappa shape index (κ3) is 3.43. The van der Waals surface area contributed by atoms with E-state index in [1.165, 1.54) is 0 Å². The van der Waals surface area contributed by atoms with Gasteiger partial charge in [-0.3, -0.25) is 0 Å². The second-order valence-electron chi connectivity index (χ2n) is 5.81. The first-order valence-electron chi connectivity index (χ1n) is 6.06. The van der Waals surface area contributed by atoms with Crippen molar-refractivity contribution in [2.75, 3.05) is 5.73 Å². The fourth-order valence-corrected chi connectivity index (χ4v) is 2.41. The molecule has 102 valence electrons. The summed E-state index contributed by atoms with van der Waals surface area (Å²) in [5.41, 5.74) is 7.86. The molecule has 0 radical (unpaired) electrons. The van der Waals surface area contributed by atoms with Gasteiger partial charge in [0, 0.05) is 11.1 Å². The van der Waals surface area contributed by atoms with Crippen LogP contribution in [0.25, 0.3) is 5.69 Å². The van der Waals surface area contributed by atoms with Crippen LogP contribution in [-0.2, 0) is 6.42 Å². The van der Waals surface area contributed by atoms with E-state index in [0.717, 1.165) is 17.8 Å². The van der Waals surface area contributed by atoms with Gasteiger partial charge in [0.15, 0.2) is 0 Å². The number of nitrogens with zero attached hydrogens (tertiary/aromatic N) is 2. The van der Waals surface area contributed by atoms with E-state index in [-0.39, 0.29) is 5.41 Å². The van der Waals surface area contributed by atoms with Gasteiger partial charge in [0.25, 0.3) is 0 Å². The van der Waals surface area contributed by atoms with E-state index in [1.54, 1.807) is 16.8 Å². The molecule has 0 saturated heterocycles. The summed E-state index contributed by atoms with van der Waals surface area (Å²) < 4.78 is 1.65. The van der Waals surface area contributed by atoms with Crippen molar-refractivity contribution in [2.24, 2.45) is 5.41 Å². The van der Waals surface area contributed by atoms with Crippen molar-refractivity contribution in [3.05, 3.63) is 40.0 Å². The summed E-state index contributed by atoms with van der Waals surface area (Å²) in [6.45, 7) is 6.49. The maximum atomic E-state index is 6.18. The lowest BCUT2D eigenvalue weighted by Crippen LogP contribution is -2.10. The molecule has 0 atom stereocenters. The minimum absolute atomic E-state index is 0.162. The Hall–Kier alpha value is -1.19. The lowest BCUT2D eigenvalue weighted by Gasteiger charge is -2.15. The van der Waals surface area contributed by atoms with Gasteiger partial charge in [-0.05, 0) is 30.0 Å². The molecular weight excluding hydrogens is 281 g/mol. The summed E-state index contributed by atoms with van der Waals surface area (Å²) >= 11 is 12.1. The molecule has 0 spiro atoms. The minimum Gasteiger partial charge on any atom is -0.384 e. The summed E-state index contributed by atoms with van der Waals surface area (Å²) in [7, 11) is 0. The van der Waals surface area contributed by atoms with Gasteiger partial charge in [0.05, 0.1) is 16.4 Å². The summed E-state index contributed by atoms with van der Waals surface area (Å²) in [5.74, 6) is 0.573. The van der Waals surface area contributed by atoms with Gasteiger partial charge >= 0.3 is 0 Å². The number of anilines is 1. The first-order chi connectivity index (χ1) is 8.76. The van der Waals surface area contributed by atoms with Crippen LogP contribution in [-0.4, -0.2) is 9.78 Å². The molecular formula is C14H17Cl2N3. The van der Waals surface area contributed by atoms with Gasteiger partial charge in [-0.15, -0.1) is 0 Å². The lowest BCUT2D eigenvalue weighted by molar-refractivity contribution is 0.405. The molecule has 0 aliphatic heterocycles. The first kappa shape index (κ1) is 14.2. The highest BCUT2D eigenvalue weighted by Crippen LogP contribution is 2.27. The highest BCUT2D eigenvalue weighted by atomic mass is 35.5. The number of aromatic nitrogens is 2. The molecule has 3 nitrogen and oxygen atoms in total. The second kappa shape index (κ2) is 5.06. The van der Waals surface area contributed by atoms with E-state index in [2.05, 4.69) is 25.9 Å². The number of halogens is 2. The van der Waals surface area contributed by atoms with Crippen molar-refractivity contribution in [1.29, 1.82) is 0 Å². The fourth-order valence-electron chi connectivity index (χ4n) is 1.92. The third-order valence-corrected chi connectivity index (χ3v) is 3.17. The van der Waals surface area contributed by atoms with Gasteiger partial charge in [-0.25, -0.2) is 4.68 Å². The zero-order valence-corrected chi connectivity index (χ0v) is 12.8. The maximum absolute atomic E-state index is 6.18. The van der Waals surface area contributed by atoms with Crippen molar-refractivity contribution in [3.63, 3.8) is 0 Å². The van der Waals surface area contributed by atoms with Crippen molar-refractivity contribution in [1.82, 2.24) is 9.78 Å². The van der Waals surface area contributed by atoms with E-state index in [0.29, 0.717) is 15.9 Å². The molecule has 0 aliphatic rings. The van der Waals surface area contributed by atoms with Gasteiger partial charge in [-0.2, -0.15) is 5.10 Å². The molecule has 2 aromatic rings. The largest absolute Gasteiger partial charge is 0.384 e. The monoisotopic (exact) mass is 297 g/mol. The SMILES string of the molecule is CC(C)(C)Cc1cc(N)n(-c2ccc(Cl)cc2Cl)n1. The molecule has 0 bridgehead atoms. The molecule has 1 aromatic heterocycles. The number of nitrogens with two attached hydrogens (primary N) is 1. The number of hydrogen-bond donors (Lipinski definition) is 1. The highest BCUT2D eigenvalue weighted by molar-refractivity contribution is 6.35. The molecule has 0 amide bonds. The third-order valence-electron chi connectivity index (χ3n) is 2.64. The van der Waals surface area contributed by atoms with E-state index in [1.807, 2.05) is 12.1 Å². The summed E-state index contributed by atoms with van der Waals surface area (Å²) in [6, 6.07) is 7.15. The van der Waals surface area contributed by atoms with Crippen molar-refractivity contribution < 1.29 is 0 Å². The van der Waals surface area contributed by atoms with Crippen LogP contribution in [0, 0.1) is 5.41 Å². The Bertz CT molecular complexity index is 597. The molecule has 19 heavy (non-hydrogen) atoms. The lowest BCUT2D eigenvalue weighted by atomic mass is 9.91. The van der Waals surface area contributed by atoms with Crippen molar-refractivity contribution in [2.45, 2.75) is 27.2 Å². The van der Waals surface area contributed by atoms with Crippen LogP contribution in [0.4, 0.5) is 5.82 Å². The number of benzene rings is 1. The average molecular weight is 298 g/mol. The van der Waals surface area contributed by atoms with Crippen LogP contribution in [0.3, 0.4) is 0 Å². The Kier molecular flexibility index (Phi) is 3.79. The van der Waals surface area contributed by atoms with Crippen LogP contribution < -0.4 is 5.73 Å². The smallest absolute Gasteiger partial charge is 0.127 e. The van der Waals surface area contributed by atoms with Crippen LogP contribution in [0.5, 0.6) is 0 Å². The summed E-state index contributed by atoms with van der Waals surface area (Å²) in [6.07, 6.45) is 0.857. The molecule has 0 aliphatic carbocycles. The van der Waals surface area contributed by atoms with Gasteiger partial charge < -0.3 is 5.73 Å². The Balaban J connectivity index is 2.40. The molecule has 0 unspecified atom stereocenters. The minimum atomic E-state index is 0.162. The van der Waals surface area contributed by atoms with Crippen molar-refractivity contribution in [3.8, 4) is 5.69 Å². The topological polar surface area (TPSA) is 43.8 Å². The first-order valence-corrected chi connectivity index (χ1v) is 6.82. The molecule has 0 fully saturated rings. The number of nitrogen functional groups attached to an aromatic ring is 1. The van der Waals surface area contributed by atoms with Gasteiger partial charge in [0.2, 0.25) is 0 Å².